The van der Waals surface area contributed by atoms with Crippen molar-refractivity contribution >= 4 is 5.91 Å². The van der Waals surface area contributed by atoms with Crippen LogP contribution in [0.15, 0.2) is 24.3 Å². The second-order valence-corrected chi connectivity index (χ2v) is 6.87. The molecule has 2 aromatic rings. The Labute approximate surface area is 147 Å². The van der Waals surface area contributed by atoms with Crippen LogP contribution in [0.5, 0.6) is 0 Å². The van der Waals surface area contributed by atoms with Crippen molar-refractivity contribution < 1.29 is 4.79 Å². The molecule has 1 aromatic carbocycles. The van der Waals surface area contributed by atoms with Crippen molar-refractivity contribution in [2.75, 3.05) is 0 Å². The molecule has 1 aliphatic rings. The summed E-state index contributed by atoms with van der Waals surface area (Å²) in [4.78, 5) is 13.5. The lowest BCUT2D eigenvalue weighted by Gasteiger charge is -2.21. The predicted octanol–water partition coefficient (Wildman–Crippen LogP) is 2.42. The lowest BCUT2D eigenvalue weighted by atomic mass is 10.00. The van der Waals surface area contributed by atoms with Gasteiger partial charge < -0.3 is 5.32 Å². The molecule has 7 heteroatoms. The number of benzene rings is 1. The normalized spacial score (nSPS) is 15.9. The molecular weight excluding hydrogens is 316 g/mol. The van der Waals surface area contributed by atoms with E-state index in [2.05, 4.69) is 40.6 Å². The van der Waals surface area contributed by atoms with Crippen LogP contribution >= 0.6 is 0 Å². The molecule has 1 saturated carbocycles. The topological polar surface area (TPSA) is 96.5 Å². The first-order chi connectivity index (χ1) is 12.0. The van der Waals surface area contributed by atoms with Crippen molar-refractivity contribution in [3.8, 4) is 17.5 Å². The summed E-state index contributed by atoms with van der Waals surface area (Å²) in [6.45, 7) is 4.24. The van der Waals surface area contributed by atoms with Crippen molar-refractivity contribution in [1.29, 1.82) is 5.26 Å². The summed E-state index contributed by atoms with van der Waals surface area (Å²) in [7, 11) is 0. The molecule has 1 heterocycles. The summed E-state index contributed by atoms with van der Waals surface area (Å²) in [6, 6.07) is 10.3. The maximum absolute atomic E-state index is 12.2. The quantitative estimate of drug-likeness (QED) is 0.903. The Morgan fingerprint density at radius 2 is 2.00 bits per heavy atom. The van der Waals surface area contributed by atoms with Gasteiger partial charge in [-0.2, -0.15) is 10.1 Å². The highest BCUT2D eigenvalue weighted by atomic mass is 16.2. The van der Waals surface area contributed by atoms with Crippen molar-refractivity contribution in [1.82, 2.24) is 25.5 Å². The molecule has 130 valence electrons. The van der Waals surface area contributed by atoms with Gasteiger partial charge in [0.2, 0.25) is 11.7 Å². The molecule has 1 fully saturated rings. The molecule has 3 rings (SSSR count). The second-order valence-electron chi connectivity index (χ2n) is 6.87. The van der Waals surface area contributed by atoms with Gasteiger partial charge in [0.25, 0.3) is 0 Å². The van der Waals surface area contributed by atoms with E-state index in [4.69, 9.17) is 0 Å². The first kappa shape index (κ1) is 17.1. The number of carbonyl (C=O) groups excluding carboxylic acids is 1. The van der Waals surface area contributed by atoms with Crippen LogP contribution in [0.4, 0.5) is 0 Å². The zero-order chi connectivity index (χ0) is 17.9. The fourth-order valence-corrected chi connectivity index (χ4v) is 3.12. The number of hydrogen-bond acceptors (Lipinski definition) is 5. The number of carbonyl (C=O) groups is 1. The van der Waals surface area contributed by atoms with Crippen LogP contribution in [0, 0.1) is 11.3 Å². The van der Waals surface area contributed by atoms with E-state index in [1.54, 1.807) is 0 Å². The number of nitrogens with zero attached hydrogens (tertiary/aromatic N) is 5. The minimum atomic E-state index is -0.729. The summed E-state index contributed by atoms with van der Waals surface area (Å²) in [5.41, 5.74) is 1.38. The standard InChI is InChI=1S/C18H22N6O/c1-13(2)14-5-7-15(8-6-14)17-21-23-24(22-17)11-16(25)20-18(12-19)9-3-4-10-18/h5-8,13H,3-4,9-11H2,1-2H3,(H,20,25). The van der Waals surface area contributed by atoms with Crippen molar-refractivity contribution in [2.24, 2.45) is 0 Å². The van der Waals surface area contributed by atoms with Gasteiger partial charge in [-0.3, -0.25) is 4.79 Å². The van der Waals surface area contributed by atoms with Crippen LogP contribution in [0.1, 0.15) is 51.0 Å². The highest BCUT2D eigenvalue weighted by Crippen LogP contribution is 2.28. The summed E-state index contributed by atoms with van der Waals surface area (Å²) < 4.78 is 0. The lowest BCUT2D eigenvalue weighted by molar-refractivity contribution is -0.123. The van der Waals surface area contributed by atoms with E-state index in [-0.39, 0.29) is 12.5 Å². The molecule has 0 radical (unpaired) electrons. The van der Waals surface area contributed by atoms with E-state index in [0.29, 0.717) is 24.6 Å². The second kappa shape index (κ2) is 7.01. The number of hydrogen-bond donors (Lipinski definition) is 1. The molecule has 1 aliphatic carbocycles. The molecule has 1 N–H and O–H groups in total. The number of rotatable bonds is 5. The molecule has 25 heavy (non-hydrogen) atoms. The first-order valence-corrected chi connectivity index (χ1v) is 8.62. The van der Waals surface area contributed by atoms with Crippen molar-refractivity contribution in [2.45, 2.75) is 57.5 Å². The Balaban J connectivity index is 1.65. The summed E-state index contributed by atoms with van der Waals surface area (Å²) >= 11 is 0. The SMILES string of the molecule is CC(C)c1ccc(-c2nnn(CC(=O)NC3(C#N)CCCC3)n2)cc1. The lowest BCUT2D eigenvalue weighted by Crippen LogP contribution is -2.46. The number of aromatic nitrogens is 4. The van der Waals surface area contributed by atoms with E-state index >= 15 is 0 Å². The number of nitriles is 1. The van der Waals surface area contributed by atoms with Gasteiger partial charge in [-0.1, -0.05) is 38.1 Å². The molecule has 0 saturated heterocycles. The van der Waals surface area contributed by atoms with Crippen LogP contribution in [0.2, 0.25) is 0 Å². The molecule has 7 nitrogen and oxygen atoms in total. The van der Waals surface area contributed by atoms with Gasteiger partial charge in [0, 0.05) is 5.56 Å². The van der Waals surface area contributed by atoms with Gasteiger partial charge >= 0.3 is 0 Å². The van der Waals surface area contributed by atoms with Crippen LogP contribution in [-0.2, 0) is 11.3 Å². The third kappa shape index (κ3) is 3.85. The van der Waals surface area contributed by atoms with E-state index < -0.39 is 5.54 Å². The summed E-state index contributed by atoms with van der Waals surface area (Å²) in [5, 5.41) is 24.4. The molecule has 0 aliphatic heterocycles. The predicted molar refractivity (Wildman–Crippen MR) is 92.3 cm³/mol. The van der Waals surface area contributed by atoms with Crippen LogP contribution < -0.4 is 5.32 Å². The van der Waals surface area contributed by atoms with Gasteiger partial charge in [0.15, 0.2) is 0 Å². The largest absolute Gasteiger partial charge is 0.336 e. The molecule has 0 unspecified atom stereocenters. The highest BCUT2D eigenvalue weighted by Gasteiger charge is 2.35. The molecule has 0 spiro atoms. The molecule has 0 atom stereocenters. The smallest absolute Gasteiger partial charge is 0.244 e. The highest BCUT2D eigenvalue weighted by molar-refractivity contribution is 5.77. The first-order valence-electron chi connectivity index (χ1n) is 8.62. The summed E-state index contributed by atoms with van der Waals surface area (Å²) in [6.07, 6.45) is 3.33. The average molecular weight is 338 g/mol. The minimum Gasteiger partial charge on any atom is -0.336 e. The molecule has 1 amide bonds. The summed E-state index contributed by atoms with van der Waals surface area (Å²) in [5.74, 6) is 0.686. The van der Waals surface area contributed by atoms with Gasteiger partial charge in [0.05, 0.1) is 6.07 Å². The van der Waals surface area contributed by atoms with E-state index in [1.807, 2.05) is 24.3 Å². The molecular formula is C18H22N6O. The number of amides is 1. The monoisotopic (exact) mass is 338 g/mol. The zero-order valence-electron chi connectivity index (χ0n) is 14.6. The molecule has 1 aromatic heterocycles. The van der Waals surface area contributed by atoms with Gasteiger partial charge in [-0.25, -0.2) is 0 Å². The van der Waals surface area contributed by atoms with Crippen LogP contribution in [0.25, 0.3) is 11.4 Å². The maximum Gasteiger partial charge on any atom is 0.244 e. The van der Waals surface area contributed by atoms with E-state index in [0.717, 1.165) is 18.4 Å². The third-order valence-electron chi connectivity index (χ3n) is 4.62. The van der Waals surface area contributed by atoms with Crippen LogP contribution in [-0.4, -0.2) is 31.7 Å². The van der Waals surface area contributed by atoms with E-state index in [1.165, 1.54) is 10.4 Å². The van der Waals surface area contributed by atoms with Crippen molar-refractivity contribution in [3.05, 3.63) is 29.8 Å². The average Bonchev–Trinajstić information content (AvgIpc) is 3.25. The fourth-order valence-electron chi connectivity index (χ4n) is 3.12. The fraction of sp³-hybridized carbons (Fsp3) is 0.500. The van der Waals surface area contributed by atoms with E-state index in [9.17, 15) is 10.1 Å². The number of nitrogens with one attached hydrogen (secondary N) is 1. The Morgan fingerprint density at radius 3 is 2.60 bits per heavy atom. The van der Waals surface area contributed by atoms with Crippen LogP contribution in [0.3, 0.4) is 0 Å². The Kier molecular flexibility index (Phi) is 4.79. The van der Waals surface area contributed by atoms with Crippen molar-refractivity contribution in [3.63, 3.8) is 0 Å². The Morgan fingerprint density at radius 1 is 1.32 bits per heavy atom. The zero-order valence-corrected chi connectivity index (χ0v) is 14.6. The van der Waals surface area contributed by atoms with Gasteiger partial charge in [-0.15, -0.1) is 10.2 Å². The molecule has 0 bridgehead atoms. The Hall–Kier alpha value is -2.75. The van der Waals surface area contributed by atoms with Gasteiger partial charge in [0.1, 0.15) is 12.1 Å². The Bertz CT molecular complexity index is 781. The maximum atomic E-state index is 12.2. The minimum absolute atomic E-state index is 0.0412. The third-order valence-corrected chi connectivity index (χ3v) is 4.62. The van der Waals surface area contributed by atoms with Gasteiger partial charge in [-0.05, 0) is 42.4 Å². The number of tetrazole rings is 1.